The Morgan fingerprint density at radius 2 is 1.85 bits per heavy atom. The Hall–Kier alpha value is -4.91. The van der Waals surface area contributed by atoms with Crippen molar-refractivity contribution in [3.05, 3.63) is 102 Å². The second kappa shape index (κ2) is 11.1. The largest absolute Gasteiger partial charge is 0.494 e. The Kier molecular flexibility index (Phi) is 6.70. The summed E-state index contributed by atoms with van der Waals surface area (Å²) in [7, 11) is 1.70. The fraction of sp³-hybridized carbons (Fsp3) is 0.325. The molecular formula is C40H39N5O2. The number of ether oxygens (including phenoxy) is 1. The first-order chi connectivity index (χ1) is 23.1. The zero-order chi connectivity index (χ0) is 31.6. The van der Waals surface area contributed by atoms with Crippen LogP contribution in [0.4, 0.5) is 0 Å². The van der Waals surface area contributed by atoms with E-state index in [4.69, 9.17) is 14.7 Å². The first kappa shape index (κ1) is 28.3. The highest BCUT2D eigenvalue weighted by Gasteiger charge is 2.46. The zero-order valence-corrected chi connectivity index (χ0v) is 27.0. The molecule has 2 unspecified atom stereocenters. The number of carbonyl (C=O) groups is 1. The van der Waals surface area contributed by atoms with Crippen LogP contribution in [0.3, 0.4) is 0 Å². The van der Waals surface area contributed by atoms with E-state index in [0.29, 0.717) is 35.7 Å². The van der Waals surface area contributed by atoms with Crippen LogP contribution in [0.25, 0.3) is 44.7 Å². The molecule has 3 aromatic heterocycles. The van der Waals surface area contributed by atoms with Crippen LogP contribution >= 0.6 is 0 Å². The van der Waals surface area contributed by atoms with E-state index in [1.165, 1.54) is 28.7 Å². The molecule has 3 aromatic carbocycles. The number of benzene rings is 3. The molecule has 0 radical (unpaired) electrons. The Morgan fingerprint density at radius 1 is 0.936 bits per heavy atom. The van der Waals surface area contributed by atoms with Crippen molar-refractivity contribution in [2.75, 3.05) is 13.7 Å². The van der Waals surface area contributed by atoms with Gasteiger partial charge in [-0.05, 0) is 103 Å². The average molecular weight is 622 g/mol. The predicted octanol–water partition coefficient (Wildman–Crippen LogP) is 7.98. The summed E-state index contributed by atoms with van der Waals surface area (Å²) in [6, 6.07) is 28.3. The van der Waals surface area contributed by atoms with Crippen LogP contribution in [0.15, 0.2) is 85.1 Å². The van der Waals surface area contributed by atoms with Gasteiger partial charge in [-0.2, -0.15) is 0 Å². The molecule has 3 aliphatic rings. The van der Waals surface area contributed by atoms with Crippen LogP contribution < -0.4 is 4.74 Å². The van der Waals surface area contributed by atoms with Gasteiger partial charge >= 0.3 is 0 Å². The number of likely N-dealkylation sites (tertiary alicyclic amines) is 1. The van der Waals surface area contributed by atoms with Gasteiger partial charge in [-0.15, -0.1) is 0 Å². The highest BCUT2D eigenvalue weighted by atomic mass is 16.5. The third-order valence-electron chi connectivity index (χ3n) is 11.1. The van der Waals surface area contributed by atoms with Crippen molar-refractivity contribution in [1.29, 1.82) is 0 Å². The number of methoxy groups -OCH3 is 1. The van der Waals surface area contributed by atoms with Crippen molar-refractivity contribution in [3.63, 3.8) is 0 Å². The Bertz CT molecular complexity index is 2180. The molecular weight excluding hydrogens is 582 g/mol. The molecule has 1 saturated heterocycles. The summed E-state index contributed by atoms with van der Waals surface area (Å²) in [4.78, 5) is 26.3. The molecule has 0 N–H and O–H groups in total. The molecule has 4 bridgehead atoms. The van der Waals surface area contributed by atoms with Gasteiger partial charge in [0.15, 0.2) is 5.82 Å². The van der Waals surface area contributed by atoms with Crippen molar-refractivity contribution in [1.82, 2.24) is 24.0 Å². The molecule has 2 fully saturated rings. The molecule has 236 valence electrons. The molecule has 1 saturated carbocycles. The highest BCUT2D eigenvalue weighted by molar-refractivity contribution is 6.00. The van der Waals surface area contributed by atoms with E-state index in [0.717, 1.165) is 72.4 Å². The quantitative estimate of drug-likeness (QED) is 0.197. The molecule has 3 atom stereocenters. The topological polar surface area (TPSA) is 65.2 Å². The van der Waals surface area contributed by atoms with Crippen LogP contribution in [0, 0.1) is 11.8 Å². The van der Waals surface area contributed by atoms with Crippen LogP contribution in [0.5, 0.6) is 5.75 Å². The van der Waals surface area contributed by atoms with Gasteiger partial charge in [-0.1, -0.05) is 49.4 Å². The Morgan fingerprint density at radius 3 is 2.70 bits per heavy atom. The molecule has 9 rings (SSSR count). The number of nitrogens with zero attached hydrogens (tertiary/aromatic N) is 5. The summed E-state index contributed by atoms with van der Waals surface area (Å²) in [5.74, 6) is 2.78. The second-order valence-electron chi connectivity index (χ2n) is 13.7. The van der Waals surface area contributed by atoms with E-state index >= 15 is 0 Å². The molecule has 7 nitrogen and oxygen atoms in total. The van der Waals surface area contributed by atoms with Crippen molar-refractivity contribution in [3.8, 4) is 28.4 Å². The van der Waals surface area contributed by atoms with Gasteiger partial charge in [0.2, 0.25) is 0 Å². The minimum absolute atomic E-state index is 0.0865. The van der Waals surface area contributed by atoms with Crippen molar-refractivity contribution >= 4 is 28.0 Å². The summed E-state index contributed by atoms with van der Waals surface area (Å²) >= 11 is 0. The summed E-state index contributed by atoms with van der Waals surface area (Å²) in [5.41, 5.74) is 9.41. The van der Waals surface area contributed by atoms with E-state index in [9.17, 15) is 4.79 Å². The van der Waals surface area contributed by atoms with Gasteiger partial charge in [-0.25, -0.2) is 9.97 Å². The van der Waals surface area contributed by atoms with Gasteiger partial charge in [0.25, 0.3) is 5.91 Å². The minimum atomic E-state index is 0.0865. The van der Waals surface area contributed by atoms with Gasteiger partial charge in [0.05, 0.1) is 18.3 Å². The minimum Gasteiger partial charge on any atom is -0.494 e. The second-order valence-corrected chi connectivity index (χ2v) is 13.7. The van der Waals surface area contributed by atoms with Crippen molar-refractivity contribution in [2.45, 2.75) is 58.2 Å². The molecule has 2 aliphatic heterocycles. The fourth-order valence-corrected chi connectivity index (χ4v) is 8.69. The number of hydrogen-bond donors (Lipinski definition) is 0. The number of imidazole rings is 1. The van der Waals surface area contributed by atoms with E-state index in [1.807, 2.05) is 24.4 Å². The lowest BCUT2D eigenvalue weighted by molar-refractivity contribution is 0.0696. The molecule has 47 heavy (non-hydrogen) atoms. The molecule has 1 amide bonds. The number of rotatable bonds is 2. The number of aryl methyl sites for hydroxylation is 2. The van der Waals surface area contributed by atoms with Crippen LogP contribution in [-0.2, 0) is 19.5 Å². The fourth-order valence-electron chi connectivity index (χ4n) is 8.69. The summed E-state index contributed by atoms with van der Waals surface area (Å²) in [5, 5.41) is 1.10. The summed E-state index contributed by atoms with van der Waals surface area (Å²) < 4.78 is 10.7. The third-order valence-corrected chi connectivity index (χ3v) is 11.1. The third kappa shape index (κ3) is 4.58. The molecule has 5 heterocycles. The Balaban J connectivity index is 1.25. The summed E-state index contributed by atoms with van der Waals surface area (Å²) in [6.07, 6.45) is 7.29. The van der Waals surface area contributed by atoms with E-state index < -0.39 is 0 Å². The maximum absolute atomic E-state index is 14.0. The average Bonchev–Trinajstić information content (AvgIpc) is 3.85. The van der Waals surface area contributed by atoms with Gasteiger partial charge in [-0.3, -0.25) is 4.79 Å². The van der Waals surface area contributed by atoms with Gasteiger partial charge in [0.1, 0.15) is 16.9 Å². The molecule has 1 aliphatic carbocycles. The molecule has 7 heteroatoms. The monoisotopic (exact) mass is 621 g/mol. The SMILES string of the molecule is COc1cc(C(=O)N2CC3CCC2[C@@H]3C)cc2nc3n(c12)Cc1cccc(c1)-c1ccccc1CCCCn1c-3cc2cccnc21. The standard InChI is InChI=1S/C40H39N5O2/c1-25-30-15-16-34(25)44(24-30)40(46)31-20-33-37(36(22-31)47-2)45-23-26-9-7-12-28(19-26)32-14-4-3-10-27(32)11-5-6-18-43-35(39(45)42-33)21-29-13-8-17-41-38(29)43/h3-4,7-10,12-14,17,19-22,25,30,34H,5-6,11,15-16,18,23-24H2,1-2H3/t25-,30?,34?/m1/s1. The maximum Gasteiger partial charge on any atom is 0.254 e. The van der Waals surface area contributed by atoms with E-state index in [1.54, 1.807) is 7.11 Å². The van der Waals surface area contributed by atoms with Gasteiger partial charge in [0, 0.05) is 42.8 Å². The lowest BCUT2D eigenvalue weighted by Crippen LogP contribution is -2.38. The van der Waals surface area contributed by atoms with Crippen molar-refractivity contribution < 1.29 is 9.53 Å². The number of piperidine rings is 1. The van der Waals surface area contributed by atoms with E-state index in [-0.39, 0.29) is 5.91 Å². The van der Waals surface area contributed by atoms with Crippen molar-refractivity contribution in [2.24, 2.45) is 11.8 Å². The number of carbonyl (C=O) groups excluding carboxylic acids is 1. The summed E-state index contributed by atoms with van der Waals surface area (Å²) in [6.45, 7) is 4.59. The number of fused-ring (bicyclic) bond motifs is 13. The highest BCUT2D eigenvalue weighted by Crippen LogP contribution is 2.44. The zero-order valence-electron chi connectivity index (χ0n) is 27.0. The predicted molar refractivity (Wildman–Crippen MR) is 186 cm³/mol. The van der Waals surface area contributed by atoms with Crippen LogP contribution in [0.2, 0.25) is 0 Å². The molecule has 6 aromatic rings. The maximum atomic E-state index is 14.0. The number of aromatic nitrogens is 4. The smallest absolute Gasteiger partial charge is 0.254 e. The molecule has 0 spiro atoms. The number of hydrogen-bond acceptors (Lipinski definition) is 4. The van der Waals surface area contributed by atoms with Crippen LogP contribution in [-0.4, -0.2) is 49.6 Å². The lowest BCUT2D eigenvalue weighted by atomic mass is 9.95. The van der Waals surface area contributed by atoms with E-state index in [2.05, 4.69) is 81.6 Å². The Labute approximate surface area is 274 Å². The van der Waals surface area contributed by atoms with Crippen LogP contribution in [0.1, 0.15) is 54.1 Å². The lowest BCUT2D eigenvalue weighted by Gasteiger charge is -2.27. The number of pyridine rings is 1. The number of amides is 1. The first-order valence-electron chi connectivity index (χ1n) is 17.1. The van der Waals surface area contributed by atoms with Gasteiger partial charge < -0.3 is 18.8 Å². The first-order valence-corrected chi connectivity index (χ1v) is 17.1. The normalized spacial score (nSPS) is 20.6.